The summed E-state index contributed by atoms with van der Waals surface area (Å²) in [4.78, 5) is 70.8. The summed E-state index contributed by atoms with van der Waals surface area (Å²) in [6.45, 7) is 6.89. The molecule has 8 heterocycles. The number of aromatic amines is 2. The molecular weight excluding hydrogens is 1490 g/mol. The van der Waals surface area contributed by atoms with Gasteiger partial charge >= 0.3 is 11.7 Å². The third-order valence-electron chi connectivity index (χ3n) is 18.5. The molecule has 8 aromatic heterocycles. The van der Waals surface area contributed by atoms with Crippen LogP contribution in [-0.4, -0.2) is 84.1 Å². The van der Waals surface area contributed by atoms with E-state index < -0.39 is 52.7 Å². The van der Waals surface area contributed by atoms with Gasteiger partial charge in [-0.05, 0) is 169 Å². The van der Waals surface area contributed by atoms with Crippen LogP contribution in [0.2, 0.25) is 0 Å². The molecule has 19 aromatic rings. The predicted octanol–water partition coefficient (Wildman–Crippen LogP) is 20.2. The first-order chi connectivity index (χ1) is 56.9. The second kappa shape index (κ2) is 35.5. The molecule has 0 aliphatic rings. The Bertz CT molecular complexity index is 7000. The number of nitrogens with one attached hydrogen (secondary N) is 2. The third-order valence-corrected chi connectivity index (χ3v) is 18.5. The number of aromatic carboxylic acids is 1. The maximum atomic E-state index is 13.8. The number of pyridine rings is 6. The van der Waals surface area contributed by atoms with Gasteiger partial charge in [0.05, 0.1) is 11.0 Å². The van der Waals surface area contributed by atoms with E-state index in [1.54, 1.807) is 79.0 Å². The molecular formula is C94H61F5N11O7+. The average Bonchev–Trinajstić information content (AvgIpc) is 1.73. The summed E-state index contributed by atoms with van der Waals surface area (Å²) >= 11 is 0. The number of fused-ring (bicyclic) bond motifs is 7. The van der Waals surface area contributed by atoms with Crippen molar-refractivity contribution in [2.45, 2.75) is 6.10 Å². The predicted molar refractivity (Wildman–Crippen MR) is 436 cm³/mol. The first-order valence-corrected chi connectivity index (χ1v) is 36.0. The molecule has 0 saturated carbocycles. The van der Waals surface area contributed by atoms with Crippen LogP contribution in [0.4, 0.5) is 27.8 Å². The summed E-state index contributed by atoms with van der Waals surface area (Å²) in [5.74, 6) is -5.56. The maximum Gasteiger partial charge on any atom is 0.354 e. The molecule has 0 bridgehead atoms. The number of carbonyl (C=O) groups is 4. The summed E-state index contributed by atoms with van der Waals surface area (Å²) in [6.07, 6.45) is 4.85. The topological polar surface area (TPSA) is 259 Å². The highest BCUT2D eigenvalue weighted by Gasteiger charge is 2.28. The first kappa shape index (κ1) is 77.7. The Hall–Kier alpha value is -16.1. The number of aliphatic hydroxyl groups is 1. The van der Waals surface area contributed by atoms with Gasteiger partial charge in [-0.25, -0.2) is 32.3 Å². The number of carboxylic acids is 1. The zero-order valence-electron chi connectivity index (χ0n) is 61.2. The number of nitrogens with zero attached hydrogens (tertiary/aromatic N) is 9. The number of benzene rings is 11. The lowest BCUT2D eigenvalue weighted by Gasteiger charge is -2.12. The minimum atomic E-state index is -1.12. The number of carbonyl (C=O) groups excluding carboxylic acids is 3. The SMILES string of the molecule is O=C(O)c1ccc2[nH]nc(-c3cccc(F)c3)c2n1.O=C(c1ccc2ccccc2c1)c1c(F)ccc[n+]1O.O=C(c1ccc2ccccc2c1)c1ncccc1F.OC(c1ccc2ccccc2c1)c1ncccc1F.[C-]#[N+]c1ccc(F)c(C(=O)c2ccc3ccccc3c2)n1.c1ccc2cc(-c3n[nH]c4cccnc34)ccc2c1. The molecule has 19 rings (SSSR count). The molecule has 1 unspecified atom stereocenters. The minimum Gasteiger partial charge on any atom is -0.477 e. The highest BCUT2D eigenvalue weighted by Crippen LogP contribution is 2.31. The molecule has 0 saturated heterocycles. The zero-order valence-corrected chi connectivity index (χ0v) is 61.2. The second-order valence-corrected chi connectivity index (χ2v) is 26.1. The number of aliphatic hydroxyl groups excluding tert-OH is 1. The van der Waals surface area contributed by atoms with E-state index in [-0.39, 0.29) is 40.1 Å². The average molecular weight is 1550 g/mol. The molecule has 117 heavy (non-hydrogen) atoms. The van der Waals surface area contributed by atoms with Crippen LogP contribution in [0.25, 0.3) is 103 Å². The number of halogens is 5. The highest BCUT2D eigenvalue weighted by molar-refractivity contribution is 6.11. The number of carboxylic acid groups (broad SMARTS) is 1. The summed E-state index contributed by atoms with van der Waals surface area (Å²) in [7, 11) is 0. The fourth-order valence-corrected chi connectivity index (χ4v) is 12.7. The summed E-state index contributed by atoms with van der Waals surface area (Å²) in [5.41, 5.74) is 6.75. The van der Waals surface area contributed by atoms with Crippen LogP contribution >= 0.6 is 0 Å². The summed E-state index contributed by atoms with van der Waals surface area (Å²) in [6, 6.07) is 89.6. The number of H-pyrrole nitrogens is 2. The van der Waals surface area contributed by atoms with Gasteiger partial charge in [0.1, 0.15) is 57.2 Å². The maximum absolute atomic E-state index is 13.8. The Morgan fingerprint density at radius 2 is 0.863 bits per heavy atom. The van der Waals surface area contributed by atoms with Gasteiger partial charge in [-0.15, -0.1) is 4.98 Å². The number of hydrogen-bond donors (Lipinski definition) is 5. The lowest BCUT2D eigenvalue weighted by molar-refractivity contribution is -0.906. The fourth-order valence-electron chi connectivity index (χ4n) is 12.7. The quantitative estimate of drug-likeness (QED) is 0.0265. The van der Waals surface area contributed by atoms with Crippen molar-refractivity contribution in [3.8, 4) is 22.5 Å². The zero-order chi connectivity index (χ0) is 81.5. The number of rotatable bonds is 11. The normalized spacial score (nSPS) is 11.0. The number of ketones is 3. The van der Waals surface area contributed by atoms with Crippen LogP contribution in [0, 0.1) is 35.7 Å². The number of aromatic nitrogens is 10. The van der Waals surface area contributed by atoms with Gasteiger partial charge in [-0.2, -0.15) is 14.6 Å². The molecule has 0 amide bonds. The van der Waals surface area contributed by atoms with Gasteiger partial charge in [0.2, 0.25) is 29.3 Å². The molecule has 568 valence electrons. The van der Waals surface area contributed by atoms with Gasteiger partial charge in [0.15, 0.2) is 11.6 Å². The monoisotopic (exact) mass is 1550 g/mol. The Balaban J connectivity index is 0.000000116. The lowest BCUT2D eigenvalue weighted by Crippen LogP contribution is -2.38. The van der Waals surface area contributed by atoms with Crippen LogP contribution in [0.1, 0.15) is 76.0 Å². The smallest absolute Gasteiger partial charge is 0.354 e. The van der Waals surface area contributed by atoms with Crippen LogP contribution in [0.15, 0.2) is 334 Å². The van der Waals surface area contributed by atoms with Crippen molar-refractivity contribution in [3.63, 3.8) is 0 Å². The van der Waals surface area contributed by atoms with E-state index >= 15 is 0 Å². The molecule has 1 atom stereocenters. The van der Waals surface area contributed by atoms with E-state index in [2.05, 4.69) is 80.5 Å². The molecule has 0 radical (unpaired) electrons. The van der Waals surface area contributed by atoms with Crippen molar-refractivity contribution in [2.24, 2.45) is 0 Å². The summed E-state index contributed by atoms with van der Waals surface area (Å²) in [5, 5.41) is 53.3. The standard InChI is InChI=1S/C17H9FN2O.C16H11FNO2.C16H12FNO.C16H10FNO.C16H11N3.C13H8FN3O2/c1-19-15-9-8-14(18)16(20-15)17(21)13-7-6-11-4-2-3-5-12(11)10-13;17-14-6-3-9-18(20)15(14)16(19)13-8-7-11-4-1-2-5-12(11)10-13;2*17-14-6-3-9-18-15(14)16(19)13-8-7-11-4-1-2-5-12(11)10-13;1-2-5-12-10-13(8-7-11(12)4-1)15-16-14(18-19-15)6-3-9-17-16;14-8-3-1-2-7(6-8)11-12-9(16-17-11)4-5-10(15-12)13(18)19/h2-10H;1-10,20H;1-10,16,19H;1-10H;1-10H,(H,18,19);1-6H,(H,16,17)(H,18,19)/q;+1;;;;. The summed E-state index contributed by atoms with van der Waals surface area (Å²) < 4.78 is 68.4. The second-order valence-electron chi connectivity index (χ2n) is 26.1. The number of hydrogen-bond acceptors (Lipinski definition) is 13. The van der Waals surface area contributed by atoms with E-state index in [1.807, 2.05) is 140 Å². The van der Waals surface area contributed by atoms with Gasteiger partial charge in [-0.3, -0.25) is 39.8 Å². The van der Waals surface area contributed by atoms with Crippen molar-refractivity contribution in [3.05, 3.63) is 425 Å². The van der Waals surface area contributed by atoms with Gasteiger partial charge in [0, 0.05) is 57.2 Å². The van der Waals surface area contributed by atoms with Crippen molar-refractivity contribution in [1.29, 1.82) is 0 Å². The van der Waals surface area contributed by atoms with Crippen molar-refractivity contribution >= 4 is 105 Å². The molecule has 11 aromatic carbocycles. The Labute approximate surface area is 662 Å². The Morgan fingerprint density at radius 1 is 0.393 bits per heavy atom. The lowest BCUT2D eigenvalue weighted by atomic mass is 10.0. The van der Waals surface area contributed by atoms with E-state index in [0.29, 0.717) is 49.3 Å². The van der Waals surface area contributed by atoms with Crippen LogP contribution in [0.3, 0.4) is 0 Å². The van der Waals surface area contributed by atoms with Crippen LogP contribution < -0.4 is 4.73 Å². The molecule has 23 heteroatoms. The van der Waals surface area contributed by atoms with E-state index in [1.165, 1.54) is 84.0 Å². The molecule has 0 aliphatic heterocycles. The van der Waals surface area contributed by atoms with Gasteiger partial charge < -0.3 is 15.1 Å². The van der Waals surface area contributed by atoms with E-state index in [9.17, 15) is 51.4 Å². The Morgan fingerprint density at radius 3 is 1.42 bits per heavy atom. The van der Waals surface area contributed by atoms with E-state index in [0.717, 1.165) is 77.5 Å². The fraction of sp³-hybridized carbons (Fsp3) is 0.0106. The van der Waals surface area contributed by atoms with Crippen molar-refractivity contribution < 1.29 is 61.3 Å². The largest absolute Gasteiger partial charge is 0.477 e. The van der Waals surface area contributed by atoms with Gasteiger partial charge in [-0.1, -0.05) is 201 Å². The van der Waals surface area contributed by atoms with Crippen LogP contribution in [-0.2, 0) is 0 Å². The molecule has 0 spiro atoms. The molecule has 18 nitrogen and oxygen atoms in total. The molecule has 0 fully saturated rings. The van der Waals surface area contributed by atoms with Crippen LogP contribution in [0.5, 0.6) is 0 Å². The molecule has 5 N–H and O–H groups in total. The first-order valence-electron chi connectivity index (χ1n) is 36.0. The van der Waals surface area contributed by atoms with Crippen molar-refractivity contribution in [2.75, 3.05) is 0 Å². The minimum absolute atomic E-state index is 0.000499. The van der Waals surface area contributed by atoms with Gasteiger partial charge in [0.25, 0.3) is 11.6 Å². The molecule has 0 aliphatic carbocycles. The highest BCUT2D eigenvalue weighted by atomic mass is 19.1. The van der Waals surface area contributed by atoms with E-state index in [4.69, 9.17) is 11.7 Å². The Kier molecular flexibility index (Phi) is 23.6. The van der Waals surface area contributed by atoms with Crippen molar-refractivity contribution in [1.82, 2.24) is 45.3 Å². The third kappa shape index (κ3) is 18.0.